The van der Waals surface area contributed by atoms with Crippen LogP contribution in [-0.2, 0) is 9.59 Å². The minimum Gasteiger partial charge on any atom is -0.342 e. The van der Waals surface area contributed by atoms with Crippen molar-refractivity contribution in [3.05, 3.63) is 34.9 Å². The van der Waals surface area contributed by atoms with Gasteiger partial charge in [-0.05, 0) is 68.7 Å². The molecular formula is C24H33N3O3. The van der Waals surface area contributed by atoms with Crippen LogP contribution in [0.1, 0.15) is 53.6 Å². The number of aryl methyl sites for hydroxylation is 2. The molecule has 3 saturated heterocycles. The predicted octanol–water partition coefficient (Wildman–Crippen LogP) is 2.63. The van der Waals surface area contributed by atoms with E-state index in [2.05, 4.69) is 6.92 Å². The molecular weight excluding hydrogens is 378 g/mol. The van der Waals surface area contributed by atoms with E-state index in [0.29, 0.717) is 25.4 Å². The van der Waals surface area contributed by atoms with Gasteiger partial charge >= 0.3 is 0 Å². The fourth-order valence-electron chi connectivity index (χ4n) is 5.00. The summed E-state index contributed by atoms with van der Waals surface area (Å²) in [5.74, 6) is 0.615. The van der Waals surface area contributed by atoms with Crippen molar-refractivity contribution >= 4 is 17.7 Å². The summed E-state index contributed by atoms with van der Waals surface area (Å²) in [5, 5.41) is 0. The smallest absolute Gasteiger partial charge is 0.253 e. The molecule has 3 heterocycles. The normalized spacial score (nSPS) is 22.8. The van der Waals surface area contributed by atoms with E-state index in [0.717, 1.165) is 63.0 Å². The van der Waals surface area contributed by atoms with Crippen LogP contribution in [0.3, 0.4) is 0 Å². The van der Waals surface area contributed by atoms with Crippen molar-refractivity contribution in [2.45, 2.75) is 46.0 Å². The maximum absolute atomic E-state index is 12.8. The molecule has 3 aliphatic rings. The summed E-state index contributed by atoms with van der Waals surface area (Å²) in [6.07, 6.45) is 4.33. The fourth-order valence-corrected chi connectivity index (χ4v) is 5.00. The highest BCUT2D eigenvalue weighted by Crippen LogP contribution is 2.26. The molecule has 162 valence electrons. The molecule has 0 aliphatic carbocycles. The lowest BCUT2D eigenvalue weighted by Crippen LogP contribution is -2.42. The van der Waals surface area contributed by atoms with Crippen molar-refractivity contribution in [3.8, 4) is 0 Å². The van der Waals surface area contributed by atoms with Crippen molar-refractivity contribution in [1.82, 2.24) is 14.7 Å². The second kappa shape index (κ2) is 8.78. The lowest BCUT2D eigenvalue weighted by molar-refractivity contribution is -0.134. The van der Waals surface area contributed by atoms with Crippen molar-refractivity contribution in [3.63, 3.8) is 0 Å². The summed E-state index contributed by atoms with van der Waals surface area (Å²) in [5.41, 5.74) is 3.10. The molecule has 3 fully saturated rings. The first-order valence-electron chi connectivity index (χ1n) is 11.4. The highest BCUT2D eigenvalue weighted by Gasteiger charge is 2.38. The van der Waals surface area contributed by atoms with Crippen molar-refractivity contribution in [1.29, 1.82) is 0 Å². The Morgan fingerprint density at radius 1 is 0.967 bits per heavy atom. The van der Waals surface area contributed by atoms with Gasteiger partial charge in [-0.1, -0.05) is 6.07 Å². The average Bonchev–Trinajstić information content (AvgIpc) is 3.40. The van der Waals surface area contributed by atoms with Crippen LogP contribution in [0.4, 0.5) is 0 Å². The van der Waals surface area contributed by atoms with E-state index in [-0.39, 0.29) is 23.6 Å². The summed E-state index contributed by atoms with van der Waals surface area (Å²) in [7, 11) is 0. The molecule has 0 spiro atoms. The van der Waals surface area contributed by atoms with Crippen molar-refractivity contribution < 1.29 is 14.4 Å². The lowest BCUT2D eigenvalue weighted by Gasteiger charge is -2.34. The Kier molecular flexibility index (Phi) is 6.11. The Morgan fingerprint density at radius 2 is 1.67 bits per heavy atom. The number of carbonyl (C=O) groups is 3. The first-order valence-corrected chi connectivity index (χ1v) is 11.4. The second-order valence-electron chi connectivity index (χ2n) is 9.27. The number of likely N-dealkylation sites (tertiary alicyclic amines) is 3. The summed E-state index contributed by atoms with van der Waals surface area (Å²) < 4.78 is 0. The van der Waals surface area contributed by atoms with Crippen LogP contribution in [0.5, 0.6) is 0 Å². The molecule has 30 heavy (non-hydrogen) atoms. The van der Waals surface area contributed by atoms with Gasteiger partial charge in [-0.25, -0.2) is 0 Å². The molecule has 6 heteroatoms. The third-order valence-corrected chi connectivity index (χ3v) is 7.12. The Hall–Kier alpha value is -2.37. The molecule has 0 radical (unpaired) electrons. The first-order chi connectivity index (χ1) is 14.4. The van der Waals surface area contributed by atoms with E-state index in [1.165, 1.54) is 5.56 Å². The van der Waals surface area contributed by atoms with Gasteiger partial charge in [-0.3, -0.25) is 14.4 Å². The lowest BCUT2D eigenvalue weighted by atomic mass is 9.95. The monoisotopic (exact) mass is 411 g/mol. The van der Waals surface area contributed by atoms with Crippen LogP contribution >= 0.6 is 0 Å². The Labute approximate surface area is 179 Å². The Bertz CT molecular complexity index is 823. The highest BCUT2D eigenvalue weighted by molar-refractivity contribution is 5.94. The van der Waals surface area contributed by atoms with Crippen LogP contribution in [-0.4, -0.2) is 71.7 Å². The van der Waals surface area contributed by atoms with Crippen molar-refractivity contribution in [2.75, 3.05) is 39.3 Å². The summed E-state index contributed by atoms with van der Waals surface area (Å²) in [6, 6.07) is 5.90. The largest absolute Gasteiger partial charge is 0.342 e. The van der Waals surface area contributed by atoms with Crippen LogP contribution in [0.15, 0.2) is 18.2 Å². The minimum atomic E-state index is -0.165. The number of amides is 3. The maximum Gasteiger partial charge on any atom is 0.253 e. The molecule has 3 aliphatic heterocycles. The quantitative estimate of drug-likeness (QED) is 0.765. The van der Waals surface area contributed by atoms with Crippen molar-refractivity contribution in [2.24, 2.45) is 11.8 Å². The van der Waals surface area contributed by atoms with Crippen LogP contribution in [0, 0.1) is 25.7 Å². The second-order valence-corrected chi connectivity index (χ2v) is 9.27. The number of piperidine rings is 1. The number of rotatable bonds is 4. The van der Waals surface area contributed by atoms with Gasteiger partial charge in [0.25, 0.3) is 5.91 Å². The molecule has 0 bridgehead atoms. The number of carbonyl (C=O) groups excluding carboxylic acids is 3. The van der Waals surface area contributed by atoms with Gasteiger partial charge < -0.3 is 14.7 Å². The zero-order valence-electron chi connectivity index (χ0n) is 18.2. The van der Waals surface area contributed by atoms with Gasteiger partial charge in [-0.15, -0.1) is 0 Å². The first kappa shape index (κ1) is 20.9. The van der Waals surface area contributed by atoms with Gasteiger partial charge in [0.1, 0.15) is 0 Å². The van der Waals surface area contributed by atoms with Gasteiger partial charge in [-0.2, -0.15) is 0 Å². The van der Waals surface area contributed by atoms with E-state index in [1.807, 2.05) is 39.8 Å². The molecule has 6 nitrogen and oxygen atoms in total. The Balaban J connectivity index is 1.27. The third-order valence-electron chi connectivity index (χ3n) is 7.12. The van der Waals surface area contributed by atoms with E-state index < -0.39 is 0 Å². The molecule has 1 unspecified atom stereocenters. The number of nitrogens with zero attached hydrogens (tertiary/aromatic N) is 3. The van der Waals surface area contributed by atoms with Crippen LogP contribution in [0.2, 0.25) is 0 Å². The topological polar surface area (TPSA) is 60.9 Å². The standard InChI is InChI=1S/C24H33N3O3/c1-17-5-6-20(13-18(17)2)23(29)26-11-7-19(8-12-26)15-27-16-21(14-22(27)28)24(30)25-9-3-4-10-25/h5-6,13,19,21H,3-4,7-12,14-16H2,1-2H3. The van der Waals surface area contributed by atoms with E-state index in [9.17, 15) is 14.4 Å². The maximum atomic E-state index is 12.8. The molecule has 1 aromatic rings. The third kappa shape index (κ3) is 4.37. The zero-order chi connectivity index (χ0) is 21.3. The molecule has 3 amide bonds. The molecule has 1 atom stereocenters. The molecule has 0 aromatic heterocycles. The van der Waals surface area contributed by atoms with Crippen LogP contribution < -0.4 is 0 Å². The van der Waals surface area contributed by atoms with E-state index >= 15 is 0 Å². The van der Waals surface area contributed by atoms with E-state index in [1.54, 1.807) is 0 Å². The van der Waals surface area contributed by atoms with E-state index in [4.69, 9.17) is 0 Å². The number of hydrogen-bond donors (Lipinski definition) is 0. The summed E-state index contributed by atoms with van der Waals surface area (Å²) >= 11 is 0. The average molecular weight is 412 g/mol. The Morgan fingerprint density at radius 3 is 2.33 bits per heavy atom. The highest BCUT2D eigenvalue weighted by atomic mass is 16.2. The summed E-state index contributed by atoms with van der Waals surface area (Å²) in [4.78, 5) is 43.7. The molecule has 1 aromatic carbocycles. The summed E-state index contributed by atoms with van der Waals surface area (Å²) in [6.45, 7) is 8.52. The molecule has 0 saturated carbocycles. The number of hydrogen-bond acceptors (Lipinski definition) is 3. The SMILES string of the molecule is Cc1ccc(C(=O)N2CCC(CN3CC(C(=O)N4CCCC4)CC3=O)CC2)cc1C. The fraction of sp³-hybridized carbons (Fsp3) is 0.625. The molecule has 4 rings (SSSR count). The zero-order valence-corrected chi connectivity index (χ0v) is 18.2. The van der Waals surface area contributed by atoms with Crippen LogP contribution in [0.25, 0.3) is 0 Å². The minimum absolute atomic E-state index is 0.102. The number of benzene rings is 1. The van der Waals surface area contributed by atoms with Gasteiger partial charge in [0.15, 0.2) is 0 Å². The van der Waals surface area contributed by atoms with Gasteiger partial charge in [0.2, 0.25) is 11.8 Å². The molecule has 0 N–H and O–H groups in total. The van der Waals surface area contributed by atoms with Gasteiger partial charge in [0.05, 0.1) is 5.92 Å². The van der Waals surface area contributed by atoms with Gasteiger partial charge in [0, 0.05) is 51.3 Å². The predicted molar refractivity (Wildman–Crippen MR) is 115 cm³/mol.